The Kier molecular flexibility index (Phi) is 7.88. The Balaban J connectivity index is 1.55. The second-order valence-electron chi connectivity index (χ2n) is 10.3. The average Bonchev–Trinajstić information content (AvgIpc) is 3.34. The Hall–Kier alpha value is -3.14. The number of amides is 1. The van der Waals surface area contributed by atoms with E-state index >= 15 is 0 Å². The van der Waals surface area contributed by atoms with Crippen LogP contribution in [0.3, 0.4) is 0 Å². The number of hydrogen-bond acceptors (Lipinski definition) is 5. The Morgan fingerprint density at radius 3 is 2.74 bits per heavy atom. The van der Waals surface area contributed by atoms with Crippen LogP contribution in [0.1, 0.15) is 47.8 Å². The van der Waals surface area contributed by atoms with E-state index in [0.29, 0.717) is 50.2 Å². The molecule has 0 bridgehead atoms. The summed E-state index contributed by atoms with van der Waals surface area (Å²) in [6.07, 6.45) is 5.10. The van der Waals surface area contributed by atoms with Crippen molar-refractivity contribution >= 4 is 5.91 Å². The largest absolute Gasteiger partial charge is 0.385 e. The van der Waals surface area contributed by atoms with Gasteiger partial charge in [-0.15, -0.1) is 0 Å². The van der Waals surface area contributed by atoms with Crippen molar-refractivity contribution < 1.29 is 23.4 Å². The molecule has 1 amide bonds. The van der Waals surface area contributed by atoms with Crippen LogP contribution in [0.15, 0.2) is 54.9 Å². The van der Waals surface area contributed by atoms with Crippen LogP contribution in [0.25, 0.3) is 11.3 Å². The van der Waals surface area contributed by atoms with Gasteiger partial charge in [-0.1, -0.05) is 37.1 Å². The lowest BCUT2D eigenvalue weighted by Crippen LogP contribution is -2.54. The zero-order valence-electron chi connectivity index (χ0n) is 21.6. The number of hydrogen-bond donors (Lipinski definition) is 2. The smallest absolute Gasteiger partial charge is 0.275 e. The maximum Gasteiger partial charge on any atom is 0.275 e. The first-order valence-electron chi connectivity index (χ1n) is 13.2. The van der Waals surface area contributed by atoms with Gasteiger partial charge in [-0.05, 0) is 49.1 Å². The number of methoxy groups -OCH3 is 1. The molecule has 2 N–H and O–H groups in total. The standard InChI is InChI=1S/C29H34F2N4O3/c1-38-18-29(37)11-3-2-10-25(29)35-19-33-26(27(35)21-7-5-9-23(31)16-21)28(36)34-13-12-32-17-24(34)15-20-6-4-8-22(30)14-20/h4-9,14,16,19,24-25,32,37H,2-3,10-13,15,17-18H2,1H3/t24-,25-,29-/m1/s1. The Morgan fingerprint density at radius 2 is 1.97 bits per heavy atom. The molecule has 3 atom stereocenters. The molecule has 7 nitrogen and oxygen atoms in total. The normalized spacial score (nSPS) is 23.9. The number of imidazole rings is 1. The van der Waals surface area contributed by atoms with E-state index in [-0.39, 0.29) is 36.1 Å². The highest BCUT2D eigenvalue weighted by Gasteiger charge is 2.42. The number of ether oxygens (including phenoxy) is 1. The second-order valence-corrected chi connectivity index (χ2v) is 10.3. The number of carbonyl (C=O) groups is 1. The van der Waals surface area contributed by atoms with Crippen LogP contribution in [0, 0.1) is 11.6 Å². The monoisotopic (exact) mass is 524 g/mol. The molecule has 38 heavy (non-hydrogen) atoms. The van der Waals surface area contributed by atoms with E-state index < -0.39 is 11.4 Å². The van der Waals surface area contributed by atoms with Gasteiger partial charge in [0, 0.05) is 38.3 Å². The van der Waals surface area contributed by atoms with Gasteiger partial charge in [0.15, 0.2) is 5.69 Å². The number of nitrogens with zero attached hydrogens (tertiary/aromatic N) is 3. The van der Waals surface area contributed by atoms with Crippen molar-refractivity contribution in [2.75, 3.05) is 33.4 Å². The lowest BCUT2D eigenvalue weighted by molar-refractivity contribution is -0.0893. The summed E-state index contributed by atoms with van der Waals surface area (Å²) in [7, 11) is 1.56. The van der Waals surface area contributed by atoms with Crippen molar-refractivity contribution in [1.29, 1.82) is 0 Å². The van der Waals surface area contributed by atoms with Crippen molar-refractivity contribution in [2.45, 2.75) is 49.8 Å². The van der Waals surface area contributed by atoms with Crippen LogP contribution < -0.4 is 5.32 Å². The summed E-state index contributed by atoms with van der Waals surface area (Å²) in [4.78, 5) is 20.4. The lowest BCUT2D eigenvalue weighted by atomic mass is 9.80. The third kappa shape index (κ3) is 5.36. The van der Waals surface area contributed by atoms with Gasteiger partial charge in [-0.3, -0.25) is 4.79 Å². The molecule has 202 valence electrons. The summed E-state index contributed by atoms with van der Waals surface area (Å²) in [5, 5.41) is 14.9. The molecule has 2 aromatic carbocycles. The van der Waals surface area contributed by atoms with Gasteiger partial charge >= 0.3 is 0 Å². The van der Waals surface area contributed by atoms with Gasteiger partial charge in [0.05, 0.1) is 24.7 Å². The van der Waals surface area contributed by atoms with E-state index in [1.54, 1.807) is 36.5 Å². The van der Waals surface area contributed by atoms with Crippen LogP contribution in [0.2, 0.25) is 0 Å². The number of benzene rings is 2. The van der Waals surface area contributed by atoms with E-state index in [0.717, 1.165) is 18.4 Å². The van der Waals surface area contributed by atoms with E-state index in [1.807, 2.05) is 10.6 Å². The Bertz CT molecular complexity index is 1280. The van der Waals surface area contributed by atoms with Gasteiger partial charge in [-0.2, -0.15) is 0 Å². The molecule has 2 heterocycles. The third-order valence-electron chi connectivity index (χ3n) is 7.75. The van der Waals surface area contributed by atoms with E-state index in [4.69, 9.17) is 4.74 Å². The summed E-state index contributed by atoms with van der Waals surface area (Å²) in [5.41, 5.74) is 0.892. The number of carbonyl (C=O) groups excluding carboxylic acids is 1. The van der Waals surface area contributed by atoms with Crippen molar-refractivity contribution in [3.63, 3.8) is 0 Å². The van der Waals surface area contributed by atoms with Crippen molar-refractivity contribution in [2.24, 2.45) is 0 Å². The van der Waals surface area contributed by atoms with Crippen molar-refractivity contribution in [3.8, 4) is 11.3 Å². The Labute approximate surface area is 221 Å². The molecule has 1 aliphatic carbocycles. The summed E-state index contributed by atoms with van der Waals surface area (Å²) in [6.45, 7) is 1.80. The molecule has 1 aliphatic heterocycles. The molecule has 2 fully saturated rings. The highest BCUT2D eigenvalue weighted by atomic mass is 19.1. The number of aromatic nitrogens is 2. The molecule has 9 heteroatoms. The molecule has 3 aromatic rings. The van der Waals surface area contributed by atoms with E-state index in [2.05, 4.69) is 10.3 Å². The minimum absolute atomic E-state index is 0.148. The SMILES string of the molecule is COC[C@]1(O)CCCC[C@H]1n1cnc(C(=O)N2CCNC[C@H]2Cc2cccc(F)c2)c1-c1cccc(F)c1. The highest BCUT2D eigenvalue weighted by Crippen LogP contribution is 2.41. The van der Waals surface area contributed by atoms with E-state index in [1.165, 1.54) is 24.3 Å². The molecule has 1 saturated heterocycles. The Morgan fingerprint density at radius 1 is 1.18 bits per heavy atom. The van der Waals surface area contributed by atoms with E-state index in [9.17, 15) is 18.7 Å². The van der Waals surface area contributed by atoms with Gasteiger partial charge in [0.2, 0.25) is 0 Å². The molecular weight excluding hydrogens is 490 g/mol. The van der Waals surface area contributed by atoms with Gasteiger partial charge < -0.3 is 24.6 Å². The molecule has 0 unspecified atom stereocenters. The predicted octanol–water partition coefficient (Wildman–Crippen LogP) is 3.98. The number of aliphatic hydroxyl groups is 1. The fourth-order valence-corrected chi connectivity index (χ4v) is 5.98. The molecule has 1 aromatic heterocycles. The first-order chi connectivity index (χ1) is 18.4. The molecule has 5 rings (SSSR count). The van der Waals surface area contributed by atoms with Gasteiger partial charge in [0.25, 0.3) is 5.91 Å². The van der Waals surface area contributed by atoms with Gasteiger partial charge in [-0.25, -0.2) is 13.8 Å². The molecule has 0 spiro atoms. The quantitative estimate of drug-likeness (QED) is 0.489. The number of rotatable bonds is 7. The molecule has 0 radical (unpaired) electrons. The van der Waals surface area contributed by atoms with Crippen molar-refractivity contribution in [1.82, 2.24) is 19.8 Å². The number of nitrogens with one attached hydrogen (secondary N) is 1. The third-order valence-corrected chi connectivity index (χ3v) is 7.75. The minimum Gasteiger partial charge on any atom is -0.385 e. The van der Waals surface area contributed by atoms with Gasteiger partial charge in [0.1, 0.15) is 17.2 Å². The minimum atomic E-state index is -1.13. The fourth-order valence-electron chi connectivity index (χ4n) is 5.98. The summed E-state index contributed by atoms with van der Waals surface area (Å²) in [5.74, 6) is -1.00. The van der Waals surface area contributed by atoms with Crippen LogP contribution in [-0.2, 0) is 11.2 Å². The van der Waals surface area contributed by atoms with Crippen LogP contribution in [-0.4, -0.2) is 70.5 Å². The first kappa shape index (κ1) is 26.5. The molecule has 2 aliphatic rings. The molecular formula is C29H34F2N4O3. The average molecular weight is 525 g/mol. The maximum absolute atomic E-state index is 14.4. The number of halogens is 2. The summed E-state index contributed by atoms with van der Waals surface area (Å²) in [6, 6.07) is 11.9. The topological polar surface area (TPSA) is 79.6 Å². The highest BCUT2D eigenvalue weighted by molar-refractivity contribution is 5.98. The predicted molar refractivity (Wildman–Crippen MR) is 140 cm³/mol. The van der Waals surface area contributed by atoms with Crippen molar-refractivity contribution in [3.05, 3.63) is 77.8 Å². The fraction of sp³-hybridized carbons (Fsp3) is 0.448. The molecule has 1 saturated carbocycles. The first-order valence-corrected chi connectivity index (χ1v) is 13.2. The zero-order valence-corrected chi connectivity index (χ0v) is 21.6. The summed E-state index contributed by atoms with van der Waals surface area (Å²) >= 11 is 0. The van der Waals surface area contributed by atoms with Crippen LogP contribution >= 0.6 is 0 Å². The lowest BCUT2D eigenvalue weighted by Gasteiger charge is -2.41. The van der Waals surface area contributed by atoms with Crippen LogP contribution in [0.5, 0.6) is 0 Å². The number of piperazine rings is 1. The maximum atomic E-state index is 14.4. The summed E-state index contributed by atoms with van der Waals surface area (Å²) < 4.78 is 35.5. The second kappa shape index (κ2) is 11.3. The van der Waals surface area contributed by atoms with Crippen LogP contribution in [0.4, 0.5) is 8.78 Å². The zero-order chi connectivity index (χ0) is 26.7.